The lowest BCUT2D eigenvalue weighted by Crippen LogP contribution is -3.00. The van der Waals surface area contributed by atoms with Gasteiger partial charge in [0.05, 0.1) is 12.6 Å². The molecule has 3 rings (SSSR count). The maximum absolute atomic E-state index is 5.96. The maximum atomic E-state index is 5.96. The van der Waals surface area contributed by atoms with Crippen molar-refractivity contribution in [1.82, 2.24) is 0 Å². The van der Waals surface area contributed by atoms with Crippen molar-refractivity contribution in [3.05, 3.63) is 99.2 Å². The van der Waals surface area contributed by atoms with Crippen molar-refractivity contribution < 1.29 is 17.7 Å². The molecule has 0 aliphatic heterocycles. The molecule has 1 atom stereocenters. The molecule has 2 N–H and O–H groups in total. The Morgan fingerprint density at radius 3 is 2.42 bits per heavy atom. The molecule has 0 radical (unpaired) electrons. The molecule has 136 valence electrons. The zero-order valence-corrected chi connectivity index (χ0v) is 17.1. The Labute approximate surface area is 171 Å². The van der Waals surface area contributed by atoms with Gasteiger partial charge in [-0.3, -0.25) is 0 Å². The molecule has 0 bridgehead atoms. The summed E-state index contributed by atoms with van der Waals surface area (Å²) in [6.45, 7) is 3.24. The van der Waals surface area contributed by atoms with Gasteiger partial charge in [-0.2, -0.15) is 0 Å². The molecular weight excluding hydrogens is 381 g/mol. The van der Waals surface area contributed by atoms with Crippen LogP contribution in [0.4, 0.5) is 0 Å². The molecule has 0 fully saturated rings. The van der Waals surface area contributed by atoms with Crippen LogP contribution in [-0.4, -0.2) is 12.6 Å². The largest absolute Gasteiger partial charge is 1.00 e. The van der Waals surface area contributed by atoms with Crippen LogP contribution < -0.4 is 17.7 Å². The second-order valence-corrected chi connectivity index (χ2v) is 7.62. The third kappa shape index (κ3) is 6.00. The molecule has 26 heavy (non-hydrogen) atoms. The quantitative estimate of drug-likeness (QED) is 0.621. The van der Waals surface area contributed by atoms with Gasteiger partial charge in [0, 0.05) is 21.9 Å². The van der Waals surface area contributed by atoms with E-state index in [1.807, 2.05) is 12.1 Å². The standard InChI is InChI=1S/C22H22ClNS.ClH/c1-17(16-18-9-11-20(23)12-10-18)24-14-13-21(22-8-5-15-25-22)19-6-3-2-4-7-19;/h2-13,15,17,24H,14,16H2,1H3;1H/b21-13+;. The summed E-state index contributed by atoms with van der Waals surface area (Å²) in [5.41, 5.74) is 3.94. The van der Waals surface area contributed by atoms with Crippen LogP contribution in [0.25, 0.3) is 5.57 Å². The molecule has 0 aliphatic carbocycles. The smallest absolute Gasteiger partial charge is 0.0954 e. The summed E-state index contributed by atoms with van der Waals surface area (Å²) in [7, 11) is 0. The number of hydrogen-bond donors (Lipinski definition) is 1. The fourth-order valence-electron chi connectivity index (χ4n) is 2.90. The predicted molar refractivity (Wildman–Crippen MR) is 109 cm³/mol. The minimum absolute atomic E-state index is 0. The summed E-state index contributed by atoms with van der Waals surface area (Å²) in [4.78, 5) is 1.32. The average molecular weight is 404 g/mol. The van der Waals surface area contributed by atoms with Gasteiger partial charge >= 0.3 is 0 Å². The Hall–Kier alpha value is -1.58. The fourth-order valence-corrected chi connectivity index (χ4v) is 3.82. The van der Waals surface area contributed by atoms with Crippen LogP contribution in [0.2, 0.25) is 5.02 Å². The van der Waals surface area contributed by atoms with Gasteiger partial charge in [-0.1, -0.05) is 60.1 Å². The number of hydrogen-bond acceptors (Lipinski definition) is 1. The molecule has 1 heterocycles. The highest BCUT2D eigenvalue weighted by Crippen LogP contribution is 2.26. The highest BCUT2D eigenvalue weighted by atomic mass is 35.5. The van der Waals surface area contributed by atoms with E-state index in [9.17, 15) is 0 Å². The van der Waals surface area contributed by atoms with Gasteiger partial charge in [-0.15, -0.1) is 11.3 Å². The van der Waals surface area contributed by atoms with E-state index >= 15 is 0 Å². The van der Waals surface area contributed by atoms with Gasteiger partial charge in [-0.05, 0) is 47.7 Å². The Kier molecular flexibility index (Phi) is 8.40. The molecule has 1 unspecified atom stereocenters. The number of quaternary nitrogens is 1. The summed E-state index contributed by atoms with van der Waals surface area (Å²) in [6.07, 6.45) is 3.39. The molecule has 0 amide bonds. The summed E-state index contributed by atoms with van der Waals surface area (Å²) in [5, 5.41) is 5.33. The summed E-state index contributed by atoms with van der Waals surface area (Å²) >= 11 is 7.75. The Morgan fingerprint density at radius 2 is 1.77 bits per heavy atom. The molecule has 0 saturated heterocycles. The third-order valence-corrected chi connectivity index (χ3v) is 5.36. The van der Waals surface area contributed by atoms with Crippen molar-refractivity contribution in [3.63, 3.8) is 0 Å². The molecule has 0 spiro atoms. The lowest BCUT2D eigenvalue weighted by molar-refractivity contribution is -0.677. The zero-order valence-electron chi connectivity index (χ0n) is 14.7. The minimum Gasteiger partial charge on any atom is -1.00 e. The van der Waals surface area contributed by atoms with Crippen LogP contribution >= 0.6 is 22.9 Å². The first-order valence-corrected chi connectivity index (χ1v) is 9.85. The van der Waals surface area contributed by atoms with Crippen LogP contribution in [0, 0.1) is 0 Å². The molecule has 2 aromatic carbocycles. The first kappa shape index (κ1) is 20.7. The SMILES string of the molecule is CC(Cc1ccc(Cl)cc1)[NH2+]C/C=C(\c1ccccc1)c1cccs1.[Cl-]. The van der Waals surface area contributed by atoms with Crippen LogP contribution in [0.3, 0.4) is 0 Å². The van der Waals surface area contributed by atoms with Crippen molar-refractivity contribution in [3.8, 4) is 0 Å². The number of nitrogens with two attached hydrogens (primary N) is 1. The van der Waals surface area contributed by atoms with E-state index in [0.717, 1.165) is 18.0 Å². The molecule has 0 saturated carbocycles. The van der Waals surface area contributed by atoms with E-state index in [4.69, 9.17) is 11.6 Å². The van der Waals surface area contributed by atoms with Gasteiger partial charge in [0.15, 0.2) is 0 Å². The normalized spacial score (nSPS) is 12.5. The monoisotopic (exact) mass is 403 g/mol. The second kappa shape index (κ2) is 10.5. The van der Waals surface area contributed by atoms with Crippen LogP contribution in [0.1, 0.15) is 22.9 Å². The lowest BCUT2D eigenvalue weighted by Gasteiger charge is -2.11. The van der Waals surface area contributed by atoms with E-state index in [0.29, 0.717) is 6.04 Å². The lowest BCUT2D eigenvalue weighted by atomic mass is 10.0. The average Bonchev–Trinajstić information content (AvgIpc) is 3.16. The highest BCUT2D eigenvalue weighted by Gasteiger charge is 2.08. The highest BCUT2D eigenvalue weighted by molar-refractivity contribution is 7.11. The Morgan fingerprint density at radius 1 is 1.04 bits per heavy atom. The Bertz CT molecular complexity index is 796. The fraction of sp³-hybridized carbons (Fsp3) is 0.182. The second-order valence-electron chi connectivity index (χ2n) is 6.24. The van der Waals surface area contributed by atoms with E-state index in [-0.39, 0.29) is 12.4 Å². The molecule has 1 aromatic heterocycles. The molecule has 4 heteroatoms. The van der Waals surface area contributed by atoms with Crippen LogP contribution in [0.5, 0.6) is 0 Å². The van der Waals surface area contributed by atoms with E-state index in [2.05, 4.69) is 78.3 Å². The first-order chi connectivity index (χ1) is 12.2. The molecule has 0 aliphatic rings. The topological polar surface area (TPSA) is 16.6 Å². The van der Waals surface area contributed by atoms with Crippen molar-refractivity contribution in [2.45, 2.75) is 19.4 Å². The van der Waals surface area contributed by atoms with Crippen molar-refractivity contribution >= 4 is 28.5 Å². The van der Waals surface area contributed by atoms with Crippen LogP contribution in [0.15, 0.2) is 78.2 Å². The van der Waals surface area contributed by atoms with Crippen molar-refractivity contribution in [2.75, 3.05) is 6.54 Å². The number of halogens is 2. The number of benzene rings is 2. The van der Waals surface area contributed by atoms with E-state index < -0.39 is 0 Å². The van der Waals surface area contributed by atoms with E-state index in [1.54, 1.807) is 11.3 Å². The molecule has 1 nitrogen and oxygen atoms in total. The Balaban J connectivity index is 0.00000243. The maximum Gasteiger partial charge on any atom is 0.0954 e. The van der Waals surface area contributed by atoms with E-state index in [1.165, 1.54) is 21.6 Å². The van der Waals surface area contributed by atoms with Gasteiger partial charge in [0.1, 0.15) is 0 Å². The minimum atomic E-state index is 0. The van der Waals surface area contributed by atoms with Gasteiger partial charge < -0.3 is 17.7 Å². The summed E-state index contributed by atoms with van der Waals surface area (Å²) < 4.78 is 0. The molecule has 3 aromatic rings. The summed E-state index contributed by atoms with van der Waals surface area (Å²) in [6, 6.07) is 23.6. The number of rotatable bonds is 7. The number of thiophene rings is 1. The van der Waals surface area contributed by atoms with Gasteiger partial charge in [0.2, 0.25) is 0 Å². The predicted octanol–water partition coefficient (Wildman–Crippen LogP) is 2.03. The molecular formula is C22H23Cl2NS. The summed E-state index contributed by atoms with van der Waals surface area (Å²) in [5.74, 6) is 0. The van der Waals surface area contributed by atoms with Gasteiger partial charge in [-0.25, -0.2) is 0 Å². The zero-order chi connectivity index (χ0) is 17.5. The first-order valence-electron chi connectivity index (χ1n) is 8.59. The van der Waals surface area contributed by atoms with Crippen molar-refractivity contribution in [1.29, 1.82) is 0 Å². The van der Waals surface area contributed by atoms with Crippen molar-refractivity contribution in [2.24, 2.45) is 0 Å². The van der Waals surface area contributed by atoms with Gasteiger partial charge in [0.25, 0.3) is 0 Å². The van der Waals surface area contributed by atoms with Crippen LogP contribution in [-0.2, 0) is 6.42 Å². The third-order valence-electron chi connectivity index (χ3n) is 4.20.